The molecule has 4 nitrogen and oxygen atoms in total. The number of hydrogen-bond donors (Lipinski definition) is 0. The molecule has 0 spiro atoms. The summed E-state index contributed by atoms with van der Waals surface area (Å²) in [7, 11) is 0. The average molecular weight is 615 g/mol. The van der Waals surface area contributed by atoms with Gasteiger partial charge in [-0.25, -0.2) is 15.0 Å². The number of aromatic nitrogens is 4. The van der Waals surface area contributed by atoms with Gasteiger partial charge in [-0.3, -0.25) is 4.57 Å². The monoisotopic (exact) mass is 614 g/mol. The Morgan fingerprint density at radius 1 is 0.521 bits per heavy atom. The van der Waals surface area contributed by atoms with Crippen molar-refractivity contribution in [1.82, 2.24) is 19.5 Å². The molecule has 3 heterocycles. The molecule has 4 heteroatoms. The second kappa shape index (κ2) is 9.93. The van der Waals surface area contributed by atoms with Crippen molar-refractivity contribution in [2.45, 2.75) is 19.3 Å². The summed E-state index contributed by atoms with van der Waals surface area (Å²) in [5, 5.41) is 4.76. The van der Waals surface area contributed by atoms with Crippen LogP contribution in [0.5, 0.6) is 0 Å². The quantitative estimate of drug-likeness (QED) is 0.199. The van der Waals surface area contributed by atoms with Crippen LogP contribution in [0, 0.1) is 0 Å². The average Bonchev–Trinajstić information content (AvgIpc) is 3.57. The van der Waals surface area contributed by atoms with Crippen molar-refractivity contribution in [2.75, 3.05) is 0 Å². The molecule has 0 amide bonds. The molecule has 0 saturated carbocycles. The van der Waals surface area contributed by atoms with Crippen molar-refractivity contribution in [3.8, 4) is 39.3 Å². The third-order valence-corrected chi connectivity index (χ3v) is 10.2. The van der Waals surface area contributed by atoms with E-state index in [1.54, 1.807) is 6.20 Å². The highest BCUT2D eigenvalue weighted by Gasteiger charge is 2.35. The Balaban J connectivity index is 1.30. The van der Waals surface area contributed by atoms with Crippen molar-refractivity contribution in [1.29, 1.82) is 0 Å². The van der Waals surface area contributed by atoms with Crippen LogP contribution in [-0.2, 0) is 5.41 Å². The SMILES string of the molecule is CC1(C)c2ccccc2-c2cc(-c3nc4ncccc4nc3-n3c4ccc(-c5ccccc5)cc4c4cc5ccccc5cc43)ccc21. The van der Waals surface area contributed by atoms with Gasteiger partial charge in [-0.15, -0.1) is 0 Å². The number of hydrogen-bond acceptors (Lipinski definition) is 3. The van der Waals surface area contributed by atoms with E-state index in [9.17, 15) is 0 Å². The maximum absolute atomic E-state index is 5.36. The zero-order valence-electron chi connectivity index (χ0n) is 26.6. The molecular formula is C44H30N4. The molecule has 0 N–H and O–H groups in total. The van der Waals surface area contributed by atoms with Crippen molar-refractivity contribution in [3.63, 3.8) is 0 Å². The summed E-state index contributed by atoms with van der Waals surface area (Å²) < 4.78 is 2.31. The van der Waals surface area contributed by atoms with E-state index in [1.807, 2.05) is 12.1 Å². The van der Waals surface area contributed by atoms with Crippen molar-refractivity contribution < 1.29 is 0 Å². The molecule has 0 saturated heterocycles. The summed E-state index contributed by atoms with van der Waals surface area (Å²) in [5.74, 6) is 0.795. The lowest BCUT2D eigenvalue weighted by Crippen LogP contribution is -2.14. The van der Waals surface area contributed by atoms with Gasteiger partial charge in [0, 0.05) is 27.9 Å². The van der Waals surface area contributed by atoms with Gasteiger partial charge in [0.2, 0.25) is 0 Å². The Bertz CT molecular complexity index is 2760. The van der Waals surface area contributed by atoms with Gasteiger partial charge in [0.1, 0.15) is 11.2 Å². The molecule has 0 fully saturated rings. The van der Waals surface area contributed by atoms with Gasteiger partial charge in [0.25, 0.3) is 0 Å². The smallest absolute Gasteiger partial charge is 0.178 e. The number of rotatable bonds is 3. The van der Waals surface area contributed by atoms with Crippen LogP contribution in [0.3, 0.4) is 0 Å². The molecule has 10 rings (SSSR count). The lowest BCUT2D eigenvalue weighted by molar-refractivity contribution is 0.660. The first-order chi connectivity index (χ1) is 23.5. The standard InChI is InChI=1S/C44H30N4/c1-44(2)36-16-9-8-15-32(36)33-25-31(18-20-37(33)44)41-43(46-38-17-10-22-45-42(38)47-41)48-39-21-19-30(27-11-4-3-5-12-27)24-34(39)35-23-28-13-6-7-14-29(28)26-40(35)48/h3-26H,1-2H3. The summed E-state index contributed by atoms with van der Waals surface area (Å²) in [6, 6.07) is 50.1. The lowest BCUT2D eigenvalue weighted by atomic mass is 9.82. The van der Waals surface area contributed by atoms with Crippen molar-refractivity contribution in [3.05, 3.63) is 157 Å². The minimum Gasteiger partial charge on any atom is -0.292 e. The molecule has 0 bridgehead atoms. The highest BCUT2D eigenvalue weighted by molar-refractivity contribution is 6.14. The summed E-state index contributed by atoms with van der Waals surface area (Å²) in [5.41, 5.74) is 12.9. The highest BCUT2D eigenvalue weighted by Crippen LogP contribution is 2.50. The fraction of sp³-hybridized carbons (Fsp3) is 0.0682. The predicted octanol–water partition coefficient (Wildman–Crippen LogP) is 10.9. The van der Waals surface area contributed by atoms with Gasteiger partial charge >= 0.3 is 0 Å². The molecule has 6 aromatic carbocycles. The summed E-state index contributed by atoms with van der Waals surface area (Å²) in [6.45, 7) is 4.63. The Hall–Kier alpha value is -6.13. The van der Waals surface area contributed by atoms with Crippen LogP contribution >= 0.6 is 0 Å². The Labute approximate surface area is 278 Å². The van der Waals surface area contributed by atoms with Crippen molar-refractivity contribution >= 4 is 43.7 Å². The predicted molar refractivity (Wildman–Crippen MR) is 198 cm³/mol. The van der Waals surface area contributed by atoms with Crippen LogP contribution in [0.4, 0.5) is 0 Å². The molecule has 0 unspecified atom stereocenters. The van der Waals surface area contributed by atoms with Crippen LogP contribution in [0.25, 0.3) is 83.1 Å². The van der Waals surface area contributed by atoms with Crippen LogP contribution in [0.15, 0.2) is 146 Å². The summed E-state index contributed by atoms with van der Waals surface area (Å²) >= 11 is 0. The van der Waals surface area contributed by atoms with E-state index in [-0.39, 0.29) is 5.41 Å². The molecule has 1 aliphatic rings. The molecule has 0 radical (unpaired) electrons. The number of nitrogens with zero attached hydrogens (tertiary/aromatic N) is 4. The Morgan fingerprint density at radius 3 is 2.12 bits per heavy atom. The second-order valence-corrected chi connectivity index (χ2v) is 13.3. The normalized spacial score (nSPS) is 13.4. The molecule has 1 aliphatic carbocycles. The summed E-state index contributed by atoms with van der Waals surface area (Å²) in [4.78, 5) is 15.3. The van der Waals surface area contributed by atoms with E-state index in [4.69, 9.17) is 9.97 Å². The first-order valence-corrected chi connectivity index (χ1v) is 16.4. The van der Waals surface area contributed by atoms with Gasteiger partial charge in [0.05, 0.1) is 11.0 Å². The van der Waals surface area contributed by atoms with Gasteiger partial charge < -0.3 is 0 Å². The Morgan fingerprint density at radius 2 is 1.25 bits per heavy atom. The van der Waals surface area contributed by atoms with E-state index < -0.39 is 0 Å². The maximum Gasteiger partial charge on any atom is 0.178 e. The molecule has 3 aromatic heterocycles. The molecule has 0 atom stereocenters. The van der Waals surface area contributed by atoms with Gasteiger partial charge in [0.15, 0.2) is 11.5 Å². The van der Waals surface area contributed by atoms with Crippen molar-refractivity contribution in [2.24, 2.45) is 0 Å². The van der Waals surface area contributed by atoms with Gasteiger partial charge in [-0.1, -0.05) is 111 Å². The fourth-order valence-electron chi connectivity index (χ4n) is 7.85. The van der Waals surface area contributed by atoms with E-state index >= 15 is 0 Å². The molecule has 226 valence electrons. The third kappa shape index (κ3) is 3.86. The number of benzene rings is 6. The summed E-state index contributed by atoms with van der Waals surface area (Å²) in [6.07, 6.45) is 1.79. The highest BCUT2D eigenvalue weighted by atomic mass is 15.1. The van der Waals surface area contributed by atoms with E-state index in [1.165, 1.54) is 54.9 Å². The van der Waals surface area contributed by atoms with Gasteiger partial charge in [-0.2, -0.15) is 0 Å². The van der Waals surface area contributed by atoms with Crippen LogP contribution in [0.1, 0.15) is 25.0 Å². The van der Waals surface area contributed by atoms with Crippen LogP contribution in [0.2, 0.25) is 0 Å². The Kier molecular flexibility index (Phi) is 5.59. The first-order valence-electron chi connectivity index (χ1n) is 16.4. The molecule has 48 heavy (non-hydrogen) atoms. The van der Waals surface area contributed by atoms with Crippen LogP contribution in [-0.4, -0.2) is 19.5 Å². The number of fused-ring (bicyclic) bond motifs is 8. The minimum absolute atomic E-state index is 0.0751. The minimum atomic E-state index is -0.0751. The molecule has 0 aliphatic heterocycles. The van der Waals surface area contributed by atoms with E-state index in [0.717, 1.165) is 33.6 Å². The molecular weight excluding hydrogens is 585 g/mol. The molecule has 9 aromatic rings. The third-order valence-electron chi connectivity index (χ3n) is 10.2. The topological polar surface area (TPSA) is 43.6 Å². The van der Waals surface area contributed by atoms with Gasteiger partial charge in [-0.05, 0) is 86.6 Å². The van der Waals surface area contributed by atoms with Crippen LogP contribution < -0.4 is 0 Å². The second-order valence-electron chi connectivity index (χ2n) is 13.3. The maximum atomic E-state index is 5.36. The zero-order chi connectivity index (χ0) is 32.0. The van der Waals surface area contributed by atoms with E-state index in [2.05, 4.69) is 151 Å². The lowest BCUT2D eigenvalue weighted by Gasteiger charge is -2.21. The zero-order valence-corrected chi connectivity index (χ0v) is 26.6. The first kappa shape index (κ1) is 27.0. The van der Waals surface area contributed by atoms with E-state index in [0.29, 0.717) is 5.65 Å². The fourth-order valence-corrected chi connectivity index (χ4v) is 7.85. The largest absolute Gasteiger partial charge is 0.292 e. The number of pyridine rings is 1.